The Morgan fingerprint density at radius 1 is 0.943 bits per heavy atom. The number of morpholine rings is 1. The normalized spacial score (nSPS) is 22.0. The number of carbonyl (C=O) groups excluding carboxylic acids is 2. The molecule has 4 rings (SSSR count). The molecule has 188 valence electrons. The summed E-state index contributed by atoms with van der Waals surface area (Å²) in [6, 6.07) is 13.3. The second-order valence-electron chi connectivity index (χ2n) is 9.56. The number of ether oxygens (including phenoxy) is 2. The first-order chi connectivity index (χ1) is 16.7. The van der Waals surface area contributed by atoms with E-state index in [-0.39, 0.29) is 41.5 Å². The van der Waals surface area contributed by atoms with E-state index in [0.717, 1.165) is 0 Å². The molecular formula is C27H33NO6S. The van der Waals surface area contributed by atoms with Crippen LogP contribution >= 0.6 is 0 Å². The predicted molar refractivity (Wildman–Crippen MR) is 132 cm³/mol. The van der Waals surface area contributed by atoms with Crippen LogP contribution in [0.5, 0.6) is 0 Å². The highest BCUT2D eigenvalue weighted by atomic mass is 32.2. The number of benzene rings is 2. The molecule has 1 heterocycles. The van der Waals surface area contributed by atoms with E-state index in [4.69, 9.17) is 9.47 Å². The lowest BCUT2D eigenvalue weighted by molar-refractivity contribution is -0.0440. The molecule has 1 saturated carbocycles. The first-order valence-electron chi connectivity index (χ1n) is 12.3. The highest BCUT2D eigenvalue weighted by Crippen LogP contribution is 2.32. The second-order valence-corrected chi connectivity index (χ2v) is 11.5. The van der Waals surface area contributed by atoms with Gasteiger partial charge in [0.25, 0.3) is 0 Å². The van der Waals surface area contributed by atoms with Gasteiger partial charge < -0.3 is 9.47 Å². The molecule has 2 unspecified atom stereocenters. The Labute approximate surface area is 207 Å². The summed E-state index contributed by atoms with van der Waals surface area (Å²) in [6.07, 6.45) is 5.71. The number of ketones is 1. The minimum atomic E-state index is -3.79. The van der Waals surface area contributed by atoms with Crippen LogP contribution in [0, 0.1) is 0 Å². The molecule has 2 fully saturated rings. The molecule has 0 aromatic heterocycles. The number of Topliss-reactive ketones (excluding diaryl/α,β-unsaturated/α-hetero) is 1. The van der Waals surface area contributed by atoms with Crippen molar-refractivity contribution in [1.29, 1.82) is 0 Å². The number of rotatable bonds is 7. The fraction of sp³-hybridized carbons (Fsp3) is 0.481. The van der Waals surface area contributed by atoms with Gasteiger partial charge in [0, 0.05) is 18.7 Å². The van der Waals surface area contributed by atoms with E-state index in [9.17, 15) is 18.0 Å². The molecule has 1 aliphatic heterocycles. The van der Waals surface area contributed by atoms with Gasteiger partial charge in [0.2, 0.25) is 10.0 Å². The molecule has 0 amide bonds. The molecule has 7 nitrogen and oxygen atoms in total. The summed E-state index contributed by atoms with van der Waals surface area (Å²) in [6.45, 7) is 3.74. The maximum atomic E-state index is 13.1. The maximum Gasteiger partial charge on any atom is 0.338 e. The molecule has 0 bridgehead atoms. The Morgan fingerprint density at radius 3 is 2.26 bits per heavy atom. The monoisotopic (exact) mass is 499 g/mol. The number of carbonyl (C=O) groups is 2. The van der Waals surface area contributed by atoms with Crippen molar-refractivity contribution < 1.29 is 27.5 Å². The van der Waals surface area contributed by atoms with Gasteiger partial charge >= 0.3 is 5.97 Å². The van der Waals surface area contributed by atoms with Crippen molar-refractivity contribution in [1.82, 2.24) is 4.31 Å². The average Bonchev–Trinajstić information content (AvgIpc) is 2.87. The van der Waals surface area contributed by atoms with Gasteiger partial charge in [-0.05, 0) is 56.4 Å². The lowest BCUT2D eigenvalue weighted by atomic mass is 9.84. The zero-order valence-corrected chi connectivity index (χ0v) is 21.1. The van der Waals surface area contributed by atoms with Crippen molar-refractivity contribution in [3.63, 3.8) is 0 Å². The Morgan fingerprint density at radius 2 is 1.60 bits per heavy atom. The van der Waals surface area contributed by atoms with Crippen molar-refractivity contribution in [3.05, 3.63) is 65.2 Å². The van der Waals surface area contributed by atoms with E-state index < -0.39 is 22.6 Å². The summed E-state index contributed by atoms with van der Waals surface area (Å²) >= 11 is 0. The number of hydrogen-bond donors (Lipinski definition) is 0. The van der Waals surface area contributed by atoms with Crippen molar-refractivity contribution in [2.45, 2.75) is 69.0 Å². The van der Waals surface area contributed by atoms with Crippen molar-refractivity contribution in [3.8, 4) is 0 Å². The fourth-order valence-corrected chi connectivity index (χ4v) is 6.57. The fourth-order valence-electron chi connectivity index (χ4n) is 4.93. The van der Waals surface area contributed by atoms with E-state index in [1.54, 1.807) is 12.1 Å². The van der Waals surface area contributed by atoms with Gasteiger partial charge in [-0.3, -0.25) is 4.79 Å². The van der Waals surface area contributed by atoms with Crippen LogP contribution in [-0.2, 0) is 19.5 Å². The standard InChI is InChI=1S/C27H33NO6S/c1-19-16-28(17-20(2)34-19)35(31,32)25-10-6-9-24(15-25)27(30)33-18-26(29)23-13-11-22(12-14-23)21-7-4-3-5-8-21/h6,9-15,19-21H,3-5,7-8,16-18H2,1-2H3. The smallest absolute Gasteiger partial charge is 0.338 e. The molecule has 2 aromatic carbocycles. The Kier molecular flexibility index (Phi) is 8.04. The number of nitrogens with zero attached hydrogens (tertiary/aromatic N) is 1. The predicted octanol–water partition coefficient (Wildman–Crippen LogP) is 4.57. The molecule has 1 aliphatic carbocycles. The average molecular weight is 500 g/mol. The second kappa shape index (κ2) is 11.0. The van der Waals surface area contributed by atoms with Gasteiger partial charge in [-0.2, -0.15) is 4.31 Å². The van der Waals surface area contributed by atoms with Gasteiger partial charge in [0.15, 0.2) is 12.4 Å². The molecule has 2 atom stereocenters. The van der Waals surface area contributed by atoms with Gasteiger partial charge in [0.05, 0.1) is 22.7 Å². The number of sulfonamides is 1. The van der Waals surface area contributed by atoms with Gasteiger partial charge in [-0.25, -0.2) is 13.2 Å². The molecule has 2 aromatic rings. The first kappa shape index (κ1) is 25.5. The molecular weight excluding hydrogens is 466 g/mol. The molecule has 1 saturated heterocycles. The van der Waals surface area contributed by atoms with Gasteiger partial charge in [-0.1, -0.05) is 49.6 Å². The van der Waals surface area contributed by atoms with Crippen LogP contribution in [0.3, 0.4) is 0 Å². The van der Waals surface area contributed by atoms with Crippen LogP contribution in [0.25, 0.3) is 0 Å². The third-order valence-electron chi connectivity index (χ3n) is 6.74. The van der Waals surface area contributed by atoms with E-state index in [1.807, 2.05) is 26.0 Å². The lowest BCUT2D eigenvalue weighted by Gasteiger charge is -2.34. The van der Waals surface area contributed by atoms with Crippen LogP contribution < -0.4 is 0 Å². The summed E-state index contributed by atoms with van der Waals surface area (Å²) in [7, 11) is -3.79. The molecule has 35 heavy (non-hydrogen) atoms. The van der Waals surface area contributed by atoms with Crippen LogP contribution in [0.15, 0.2) is 53.4 Å². The van der Waals surface area contributed by atoms with E-state index in [1.165, 1.54) is 66.2 Å². The maximum absolute atomic E-state index is 13.1. The first-order valence-corrected chi connectivity index (χ1v) is 13.7. The van der Waals surface area contributed by atoms with Crippen molar-refractivity contribution in [2.24, 2.45) is 0 Å². The summed E-state index contributed by atoms with van der Waals surface area (Å²) in [5.74, 6) is -0.482. The quantitative estimate of drug-likeness (QED) is 0.409. The van der Waals surface area contributed by atoms with Crippen LogP contribution in [0.2, 0.25) is 0 Å². The number of esters is 1. The molecule has 0 spiro atoms. The molecule has 2 aliphatic rings. The largest absolute Gasteiger partial charge is 0.454 e. The summed E-state index contributed by atoms with van der Waals surface area (Å²) < 4.78 is 38.4. The SMILES string of the molecule is CC1CN(S(=O)(=O)c2cccc(C(=O)OCC(=O)c3ccc(C4CCCCC4)cc3)c2)CC(C)O1. The highest BCUT2D eigenvalue weighted by Gasteiger charge is 2.32. The molecule has 0 N–H and O–H groups in total. The Bertz CT molecular complexity index is 1140. The van der Waals surface area contributed by atoms with Crippen molar-refractivity contribution in [2.75, 3.05) is 19.7 Å². The zero-order chi connectivity index (χ0) is 25.0. The number of hydrogen-bond acceptors (Lipinski definition) is 6. The van der Waals surface area contributed by atoms with Crippen molar-refractivity contribution >= 4 is 21.8 Å². The Balaban J connectivity index is 1.38. The summed E-state index contributed by atoms with van der Waals surface area (Å²) in [5, 5.41) is 0. The highest BCUT2D eigenvalue weighted by molar-refractivity contribution is 7.89. The zero-order valence-electron chi connectivity index (χ0n) is 20.3. The van der Waals surface area contributed by atoms with Gasteiger partial charge in [0.1, 0.15) is 0 Å². The van der Waals surface area contributed by atoms with E-state index >= 15 is 0 Å². The van der Waals surface area contributed by atoms with Crippen LogP contribution in [-0.4, -0.2) is 56.4 Å². The minimum Gasteiger partial charge on any atom is -0.454 e. The van der Waals surface area contributed by atoms with E-state index in [2.05, 4.69) is 0 Å². The van der Waals surface area contributed by atoms with Gasteiger partial charge in [-0.15, -0.1) is 0 Å². The lowest BCUT2D eigenvalue weighted by Crippen LogP contribution is -2.48. The minimum absolute atomic E-state index is 0.0119. The topological polar surface area (TPSA) is 90.0 Å². The Hall–Kier alpha value is -2.55. The third kappa shape index (κ3) is 6.18. The van der Waals surface area contributed by atoms with Crippen LogP contribution in [0.4, 0.5) is 0 Å². The molecule has 0 radical (unpaired) electrons. The third-order valence-corrected chi connectivity index (χ3v) is 8.56. The molecule has 8 heteroatoms. The summed E-state index contributed by atoms with van der Waals surface area (Å²) in [4.78, 5) is 25.2. The van der Waals surface area contributed by atoms with Crippen LogP contribution in [0.1, 0.15) is 78.1 Å². The summed E-state index contributed by atoms with van der Waals surface area (Å²) in [5.41, 5.74) is 1.82. The van der Waals surface area contributed by atoms with E-state index in [0.29, 0.717) is 11.5 Å².